The van der Waals surface area contributed by atoms with Crippen LogP contribution in [0.25, 0.3) is 0 Å². The van der Waals surface area contributed by atoms with E-state index in [1.54, 1.807) is 0 Å². The third-order valence-electron chi connectivity index (χ3n) is 2.58. The minimum Gasteiger partial charge on any atom is -0.400 e. The maximum Gasteiger partial charge on any atom is 0.0319 e. The van der Waals surface area contributed by atoms with Crippen LogP contribution in [0.1, 0.15) is 20.9 Å². The SMILES string of the molecule is C=C(Cl)Cc1ccc(Cc2ccc(C)cc2)s1.CO. The number of aliphatic hydroxyl groups is 1. The van der Waals surface area contributed by atoms with Gasteiger partial charge in [-0.2, -0.15) is 0 Å². The lowest BCUT2D eigenvalue weighted by atomic mass is 10.1. The third kappa shape index (κ3) is 5.60. The van der Waals surface area contributed by atoms with Gasteiger partial charge in [0.15, 0.2) is 0 Å². The Hall–Kier alpha value is -1.09. The maximum atomic E-state index is 7.00. The van der Waals surface area contributed by atoms with Crippen LogP contribution in [0.2, 0.25) is 0 Å². The Bertz CT molecular complexity index is 514. The average molecular weight is 295 g/mol. The lowest BCUT2D eigenvalue weighted by Gasteiger charge is -1.99. The number of allylic oxidation sites excluding steroid dienone is 1. The third-order valence-corrected chi connectivity index (χ3v) is 3.80. The molecule has 1 aromatic carbocycles. The number of hydrogen-bond donors (Lipinski definition) is 1. The summed E-state index contributed by atoms with van der Waals surface area (Å²) < 4.78 is 0. The molecule has 0 saturated heterocycles. The van der Waals surface area contributed by atoms with Gasteiger partial charge in [0.25, 0.3) is 0 Å². The molecule has 1 heterocycles. The van der Waals surface area contributed by atoms with Crippen LogP contribution in [0, 0.1) is 6.92 Å². The van der Waals surface area contributed by atoms with Crippen LogP contribution in [0.3, 0.4) is 0 Å². The summed E-state index contributed by atoms with van der Waals surface area (Å²) in [5.74, 6) is 0. The summed E-state index contributed by atoms with van der Waals surface area (Å²) in [5.41, 5.74) is 2.66. The van der Waals surface area contributed by atoms with Crippen LogP contribution in [0.15, 0.2) is 48.0 Å². The lowest BCUT2D eigenvalue weighted by molar-refractivity contribution is 0.399. The quantitative estimate of drug-likeness (QED) is 0.877. The normalized spacial score (nSPS) is 9.68. The van der Waals surface area contributed by atoms with Gasteiger partial charge in [0.05, 0.1) is 0 Å². The Morgan fingerprint density at radius 3 is 2.26 bits per heavy atom. The predicted molar refractivity (Wildman–Crippen MR) is 85.1 cm³/mol. The Morgan fingerprint density at radius 1 is 1.11 bits per heavy atom. The number of aliphatic hydroxyl groups excluding tert-OH is 1. The lowest BCUT2D eigenvalue weighted by Crippen LogP contribution is -1.84. The van der Waals surface area contributed by atoms with E-state index in [1.165, 1.54) is 20.9 Å². The molecule has 102 valence electrons. The molecular weight excluding hydrogens is 276 g/mol. The Kier molecular flexibility index (Phi) is 6.85. The molecule has 0 aliphatic carbocycles. The van der Waals surface area contributed by atoms with Crippen molar-refractivity contribution in [1.82, 2.24) is 0 Å². The van der Waals surface area contributed by atoms with Gasteiger partial charge in [-0.3, -0.25) is 0 Å². The molecule has 1 nitrogen and oxygen atoms in total. The maximum absolute atomic E-state index is 7.00. The minimum atomic E-state index is 0.703. The van der Waals surface area contributed by atoms with Crippen molar-refractivity contribution in [3.05, 3.63) is 68.9 Å². The van der Waals surface area contributed by atoms with Crippen molar-refractivity contribution >= 4 is 22.9 Å². The van der Waals surface area contributed by atoms with Crippen molar-refractivity contribution in [1.29, 1.82) is 0 Å². The van der Waals surface area contributed by atoms with Gasteiger partial charge in [-0.1, -0.05) is 48.0 Å². The van der Waals surface area contributed by atoms with Crippen LogP contribution >= 0.6 is 22.9 Å². The standard InChI is InChI=1S/C15H15ClS.CH4O/c1-11-3-5-13(6-4-11)10-15-8-7-14(17-15)9-12(2)16;1-2/h3-8H,2,9-10H2,1H3;2H,1H3. The van der Waals surface area contributed by atoms with E-state index >= 15 is 0 Å². The van der Waals surface area contributed by atoms with Crippen molar-refractivity contribution in [2.24, 2.45) is 0 Å². The second kappa shape index (κ2) is 8.16. The molecule has 0 fully saturated rings. The molecule has 0 bridgehead atoms. The smallest absolute Gasteiger partial charge is 0.0319 e. The highest BCUT2D eigenvalue weighted by Crippen LogP contribution is 2.23. The van der Waals surface area contributed by atoms with Crippen molar-refractivity contribution in [3.63, 3.8) is 0 Å². The number of rotatable bonds is 4. The van der Waals surface area contributed by atoms with E-state index < -0.39 is 0 Å². The van der Waals surface area contributed by atoms with E-state index in [0.29, 0.717) is 5.03 Å². The molecule has 2 rings (SSSR count). The summed E-state index contributed by atoms with van der Waals surface area (Å²) in [6, 6.07) is 13.0. The molecule has 0 amide bonds. The summed E-state index contributed by atoms with van der Waals surface area (Å²) in [7, 11) is 1.00. The molecular formula is C16H19ClOS. The zero-order valence-corrected chi connectivity index (χ0v) is 12.9. The first kappa shape index (κ1) is 16.0. The van der Waals surface area contributed by atoms with Gasteiger partial charge in [0, 0.05) is 34.7 Å². The van der Waals surface area contributed by atoms with Gasteiger partial charge in [-0.15, -0.1) is 11.3 Å². The number of aryl methyl sites for hydroxylation is 1. The molecule has 0 aliphatic heterocycles. The van der Waals surface area contributed by atoms with Gasteiger partial charge in [-0.05, 0) is 24.6 Å². The van der Waals surface area contributed by atoms with Gasteiger partial charge in [-0.25, -0.2) is 0 Å². The van der Waals surface area contributed by atoms with Crippen molar-refractivity contribution in [3.8, 4) is 0 Å². The average Bonchev–Trinajstić information content (AvgIpc) is 2.81. The van der Waals surface area contributed by atoms with E-state index in [-0.39, 0.29) is 0 Å². The second-order valence-corrected chi connectivity index (χ2v) is 6.01. The zero-order chi connectivity index (χ0) is 14.3. The van der Waals surface area contributed by atoms with Crippen LogP contribution in [-0.2, 0) is 12.8 Å². The highest BCUT2D eigenvalue weighted by atomic mass is 35.5. The fourth-order valence-electron chi connectivity index (χ4n) is 1.71. The summed E-state index contributed by atoms with van der Waals surface area (Å²) in [5, 5.41) is 7.70. The second-order valence-electron chi connectivity index (χ2n) is 4.22. The first-order chi connectivity index (χ1) is 9.13. The van der Waals surface area contributed by atoms with Crippen LogP contribution in [-0.4, -0.2) is 12.2 Å². The van der Waals surface area contributed by atoms with E-state index in [1.807, 2.05) is 11.3 Å². The molecule has 0 spiro atoms. The molecule has 0 aliphatic rings. The monoisotopic (exact) mass is 294 g/mol. The van der Waals surface area contributed by atoms with Crippen molar-refractivity contribution < 1.29 is 5.11 Å². The van der Waals surface area contributed by atoms with Gasteiger partial charge < -0.3 is 5.11 Å². The molecule has 1 aromatic heterocycles. The summed E-state index contributed by atoms with van der Waals surface area (Å²) in [4.78, 5) is 2.66. The van der Waals surface area contributed by atoms with Crippen LogP contribution < -0.4 is 0 Å². The number of hydrogen-bond acceptors (Lipinski definition) is 2. The van der Waals surface area contributed by atoms with E-state index in [9.17, 15) is 0 Å². The molecule has 1 N–H and O–H groups in total. The van der Waals surface area contributed by atoms with E-state index in [2.05, 4.69) is 49.9 Å². The number of halogens is 1. The molecule has 0 atom stereocenters. The number of benzene rings is 1. The molecule has 3 heteroatoms. The molecule has 2 aromatic rings. The molecule has 0 unspecified atom stereocenters. The topological polar surface area (TPSA) is 20.2 Å². The minimum absolute atomic E-state index is 0.703. The fourth-order valence-corrected chi connectivity index (χ4v) is 3.03. The van der Waals surface area contributed by atoms with Crippen molar-refractivity contribution in [2.45, 2.75) is 19.8 Å². The fraction of sp³-hybridized carbons (Fsp3) is 0.250. The molecule has 0 saturated carbocycles. The van der Waals surface area contributed by atoms with E-state index in [4.69, 9.17) is 16.7 Å². The molecule has 19 heavy (non-hydrogen) atoms. The summed E-state index contributed by atoms with van der Waals surface area (Å²) in [6.07, 6.45) is 1.78. The van der Waals surface area contributed by atoms with Crippen LogP contribution in [0.5, 0.6) is 0 Å². The first-order valence-corrected chi connectivity index (χ1v) is 7.24. The van der Waals surface area contributed by atoms with Gasteiger partial charge in [0.2, 0.25) is 0 Å². The van der Waals surface area contributed by atoms with Gasteiger partial charge >= 0.3 is 0 Å². The Morgan fingerprint density at radius 2 is 1.68 bits per heavy atom. The first-order valence-electron chi connectivity index (χ1n) is 6.04. The number of thiophene rings is 1. The largest absolute Gasteiger partial charge is 0.400 e. The highest BCUT2D eigenvalue weighted by molar-refractivity contribution is 7.12. The summed E-state index contributed by atoms with van der Waals surface area (Å²) in [6.45, 7) is 5.84. The Balaban J connectivity index is 0.000000861. The predicted octanol–water partition coefficient (Wildman–Crippen LogP) is 4.55. The van der Waals surface area contributed by atoms with Gasteiger partial charge in [0.1, 0.15) is 0 Å². The highest BCUT2D eigenvalue weighted by Gasteiger charge is 2.02. The Labute approximate surface area is 124 Å². The van der Waals surface area contributed by atoms with Crippen LogP contribution in [0.4, 0.5) is 0 Å². The van der Waals surface area contributed by atoms with Crippen molar-refractivity contribution in [2.75, 3.05) is 7.11 Å². The summed E-state index contributed by atoms with van der Waals surface area (Å²) >= 11 is 7.63. The van der Waals surface area contributed by atoms with E-state index in [0.717, 1.165) is 20.0 Å². The molecule has 0 radical (unpaired) electrons. The zero-order valence-electron chi connectivity index (χ0n) is 11.3.